The molecule has 0 unspecified atom stereocenters. The number of nitrogens with one attached hydrogen (secondary N) is 1. The molecular formula is C26H25N3O5. The lowest BCUT2D eigenvalue weighted by molar-refractivity contribution is -0.131. The van der Waals surface area contributed by atoms with E-state index < -0.39 is 17.5 Å². The number of ketones is 1. The Morgan fingerprint density at radius 3 is 2.50 bits per heavy atom. The number of urea groups is 1. The molecule has 0 saturated carbocycles. The molecular weight excluding hydrogens is 434 g/mol. The van der Waals surface area contributed by atoms with Crippen molar-refractivity contribution in [1.29, 1.82) is 0 Å². The first kappa shape index (κ1) is 21.8. The molecule has 3 aromatic rings. The van der Waals surface area contributed by atoms with E-state index in [9.17, 15) is 14.4 Å². The fraction of sp³-hybridized carbons (Fsp3) is 0.269. The molecule has 2 aliphatic heterocycles. The normalized spacial score (nSPS) is 19.0. The zero-order valence-corrected chi connectivity index (χ0v) is 19.3. The predicted octanol–water partition coefficient (Wildman–Crippen LogP) is 3.86. The highest BCUT2D eigenvalue weighted by Crippen LogP contribution is 2.35. The molecule has 8 nitrogen and oxygen atoms in total. The van der Waals surface area contributed by atoms with E-state index in [-0.39, 0.29) is 19.1 Å². The quantitative estimate of drug-likeness (QED) is 0.447. The number of hydrogen-bond donors (Lipinski definition) is 1. The summed E-state index contributed by atoms with van der Waals surface area (Å²) in [5, 5.41) is 2.83. The Morgan fingerprint density at radius 2 is 1.76 bits per heavy atom. The minimum absolute atomic E-state index is 0.181. The summed E-state index contributed by atoms with van der Waals surface area (Å²) in [5.41, 5.74) is 2.41. The molecule has 174 valence electrons. The fourth-order valence-corrected chi connectivity index (χ4v) is 4.83. The van der Waals surface area contributed by atoms with Crippen LogP contribution in [0.25, 0.3) is 5.69 Å². The second-order valence-corrected chi connectivity index (χ2v) is 8.53. The number of imide groups is 1. The number of hydrogen-bond acceptors (Lipinski definition) is 5. The maximum atomic E-state index is 13.4. The van der Waals surface area contributed by atoms with Gasteiger partial charge in [0.05, 0.1) is 6.54 Å². The molecule has 0 spiro atoms. The highest BCUT2D eigenvalue weighted by molar-refractivity contribution is 6.11. The summed E-state index contributed by atoms with van der Waals surface area (Å²) >= 11 is 0. The number of rotatable bonds is 6. The van der Waals surface area contributed by atoms with E-state index in [1.54, 1.807) is 6.07 Å². The summed E-state index contributed by atoms with van der Waals surface area (Å²) in [4.78, 5) is 40.5. The van der Waals surface area contributed by atoms with Crippen molar-refractivity contribution in [2.75, 3.05) is 13.3 Å². The van der Waals surface area contributed by atoms with E-state index >= 15 is 0 Å². The minimum atomic E-state index is -1.16. The van der Waals surface area contributed by atoms with Crippen LogP contribution in [0.1, 0.15) is 40.7 Å². The number of fused-ring (bicyclic) bond motifs is 1. The van der Waals surface area contributed by atoms with Crippen LogP contribution in [0, 0.1) is 13.8 Å². The topological polar surface area (TPSA) is 89.9 Å². The molecule has 0 bridgehead atoms. The molecule has 1 saturated heterocycles. The zero-order chi connectivity index (χ0) is 24.0. The van der Waals surface area contributed by atoms with Crippen LogP contribution >= 0.6 is 0 Å². The fourth-order valence-electron chi connectivity index (χ4n) is 4.83. The summed E-state index contributed by atoms with van der Waals surface area (Å²) in [5.74, 6) is 0.612. The van der Waals surface area contributed by atoms with Gasteiger partial charge in [-0.15, -0.1) is 0 Å². The molecule has 8 heteroatoms. The third kappa shape index (κ3) is 3.25. The van der Waals surface area contributed by atoms with E-state index in [0.29, 0.717) is 29.0 Å². The van der Waals surface area contributed by atoms with Crippen LogP contribution in [0.3, 0.4) is 0 Å². The highest BCUT2D eigenvalue weighted by Gasteiger charge is 2.51. The molecule has 2 aliphatic rings. The Hall–Kier alpha value is -4.07. The number of ether oxygens (including phenoxy) is 2. The largest absolute Gasteiger partial charge is 0.454 e. The van der Waals surface area contributed by atoms with Gasteiger partial charge in [0, 0.05) is 28.7 Å². The Balaban J connectivity index is 1.43. The number of carbonyl (C=O) groups is 3. The maximum Gasteiger partial charge on any atom is 0.325 e. The van der Waals surface area contributed by atoms with E-state index in [1.807, 2.05) is 73.9 Å². The van der Waals surface area contributed by atoms with E-state index in [4.69, 9.17) is 9.47 Å². The number of nitrogens with zero attached hydrogens (tertiary/aromatic N) is 2. The summed E-state index contributed by atoms with van der Waals surface area (Å²) in [6, 6.07) is 15.9. The van der Waals surface area contributed by atoms with E-state index in [1.165, 1.54) is 0 Å². The van der Waals surface area contributed by atoms with Gasteiger partial charge in [-0.3, -0.25) is 14.5 Å². The highest BCUT2D eigenvalue weighted by atomic mass is 16.7. The average molecular weight is 460 g/mol. The van der Waals surface area contributed by atoms with Crippen LogP contribution in [0.2, 0.25) is 0 Å². The zero-order valence-electron chi connectivity index (χ0n) is 19.3. The van der Waals surface area contributed by atoms with Crippen LogP contribution < -0.4 is 14.8 Å². The summed E-state index contributed by atoms with van der Waals surface area (Å²) < 4.78 is 12.8. The Morgan fingerprint density at radius 1 is 1.03 bits per heavy atom. The van der Waals surface area contributed by atoms with Gasteiger partial charge in [-0.25, -0.2) is 4.79 Å². The van der Waals surface area contributed by atoms with Crippen LogP contribution in [0.5, 0.6) is 11.5 Å². The third-order valence-electron chi connectivity index (χ3n) is 6.62. The number of amides is 3. The first-order valence-corrected chi connectivity index (χ1v) is 11.2. The van der Waals surface area contributed by atoms with Crippen molar-refractivity contribution in [2.24, 2.45) is 0 Å². The third-order valence-corrected chi connectivity index (χ3v) is 6.62. The van der Waals surface area contributed by atoms with Gasteiger partial charge < -0.3 is 19.4 Å². The van der Waals surface area contributed by atoms with Gasteiger partial charge >= 0.3 is 6.03 Å². The summed E-state index contributed by atoms with van der Waals surface area (Å²) in [7, 11) is 0. The Kier molecular flexibility index (Phi) is 5.16. The molecule has 2 aromatic carbocycles. The monoisotopic (exact) mass is 459 g/mol. The van der Waals surface area contributed by atoms with Gasteiger partial charge in [0.1, 0.15) is 5.54 Å². The maximum absolute atomic E-state index is 13.4. The van der Waals surface area contributed by atoms with Gasteiger partial charge in [-0.2, -0.15) is 0 Å². The Bertz CT molecular complexity index is 1310. The van der Waals surface area contributed by atoms with Crippen molar-refractivity contribution in [3.63, 3.8) is 0 Å². The van der Waals surface area contributed by atoms with Crippen molar-refractivity contribution in [1.82, 2.24) is 14.8 Å². The average Bonchev–Trinajstić information content (AvgIpc) is 3.50. The smallest absolute Gasteiger partial charge is 0.325 e. The molecule has 0 aliphatic carbocycles. The first-order valence-electron chi connectivity index (χ1n) is 11.2. The molecule has 0 radical (unpaired) electrons. The Labute approximate surface area is 197 Å². The molecule has 1 fully saturated rings. The van der Waals surface area contributed by atoms with Crippen molar-refractivity contribution in [3.8, 4) is 17.2 Å². The van der Waals surface area contributed by atoms with Gasteiger partial charge in [0.2, 0.25) is 6.79 Å². The number of benzene rings is 2. The number of Topliss-reactive ketones (excluding diaryl/α,β-unsaturated/α-hetero) is 1. The lowest BCUT2D eigenvalue weighted by Gasteiger charge is -2.25. The standard InChI is InChI=1S/C26H25N3O5/c1-4-26(18-8-6-5-7-9-18)24(31)28(25(32)27-26)14-21(30)20-12-16(2)29(17(20)3)19-10-11-22-23(13-19)34-15-33-22/h5-13H,4,14-15H2,1-3H3,(H,27,32)/t26-/m0/s1. The summed E-state index contributed by atoms with van der Waals surface area (Å²) in [6.07, 6.45) is 0.380. The second-order valence-electron chi connectivity index (χ2n) is 8.53. The number of aromatic nitrogens is 1. The SMILES string of the molecule is CC[C@@]1(c2ccccc2)NC(=O)N(CC(=O)c2cc(C)n(-c3ccc4c(c3)OCO4)c2C)C1=O. The van der Waals surface area contributed by atoms with Crippen LogP contribution in [-0.4, -0.2) is 40.5 Å². The molecule has 3 heterocycles. The number of carbonyl (C=O) groups excluding carboxylic acids is 3. The molecule has 1 atom stereocenters. The lowest BCUT2D eigenvalue weighted by Crippen LogP contribution is -2.43. The van der Waals surface area contributed by atoms with E-state index in [0.717, 1.165) is 22.0 Å². The van der Waals surface area contributed by atoms with Gasteiger partial charge in [-0.1, -0.05) is 37.3 Å². The second kappa shape index (κ2) is 8.06. The molecule has 1 aromatic heterocycles. The molecule has 34 heavy (non-hydrogen) atoms. The van der Waals surface area contributed by atoms with Crippen molar-refractivity contribution >= 4 is 17.7 Å². The van der Waals surface area contributed by atoms with Crippen LogP contribution in [-0.2, 0) is 10.3 Å². The summed E-state index contributed by atoms with van der Waals surface area (Å²) in [6.45, 7) is 5.44. The van der Waals surface area contributed by atoms with Gasteiger partial charge in [0.15, 0.2) is 17.3 Å². The molecule has 5 rings (SSSR count). The van der Waals surface area contributed by atoms with Crippen molar-refractivity contribution in [3.05, 3.63) is 77.1 Å². The number of aryl methyl sites for hydroxylation is 1. The lowest BCUT2D eigenvalue weighted by atomic mass is 9.87. The van der Waals surface area contributed by atoms with Gasteiger partial charge in [0.25, 0.3) is 5.91 Å². The molecule has 1 N–H and O–H groups in total. The van der Waals surface area contributed by atoms with Crippen LogP contribution in [0.4, 0.5) is 4.79 Å². The van der Waals surface area contributed by atoms with Crippen molar-refractivity contribution < 1.29 is 23.9 Å². The van der Waals surface area contributed by atoms with Crippen molar-refractivity contribution in [2.45, 2.75) is 32.7 Å². The van der Waals surface area contributed by atoms with Gasteiger partial charge in [-0.05, 0) is 44.0 Å². The van der Waals surface area contributed by atoms with Crippen LogP contribution in [0.15, 0.2) is 54.6 Å². The molecule has 3 amide bonds. The predicted molar refractivity (Wildman–Crippen MR) is 124 cm³/mol. The van der Waals surface area contributed by atoms with E-state index in [2.05, 4.69) is 5.32 Å². The minimum Gasteiger partial charge on any atom is -0.454 e. The first-order chi connectivity index (χ1) is 16.4.